The van der Waals surface area contributed by atoms with Gasteiger partial charge in [0, 0.05) is 44.1 Å². The van der Waals surface area contributed by atoms with E-state index in [2.05, 4.69) is 4.98 Å². The molecule has 0 saturated carbocycles. The van der Waals surface area contributed by atoms with Gasteiger partial charge in [-0.15, -0.1) is 0 Å². The highest BCUT2D eigenvalue weighted by molar-refractivity contribution is 5.97. The van der Waals surface area contributed by atoms with Gasteiger partial charge in [0.2, 0.25) is 5.91 Å². The predicted molar refractivity (Wildman–Crippen MR) is 95.3 cm³/mol. The summed E-state index contributed by atoms with van der Waals surface area (Å²) in [7, 11) is 0. The number of amides is 2. The molecule has 1 aliphatic rings. The highest BCUT2D eigenvalue weighted by atomic mass is 16.3. The van der Waals surface area contributed by atoms with Crippen LogP contribution in [0.25, 0.3) is 11.1 Å². The van der Waals surface area contributed by atoms with E-state index in [9.17, 15) is 9.59 Å². The second kappa shape index (κ2) is 6.50. The first-order valence-corrected chi connectivity index (χ1v) is 8.71. The highest BCUT2D eigenvalue weighted by Crippen LogP contribution is 2.21. The zero-order valence-electron chi connectivity index (χ0n) is 15.3. The van der Waals surface area contributed by atoms with Crippen LogP contribution in [0.5, 0.6) is 0 Å². The molecular formula is C19H25N3O3. The Labute approximate surface area is 147 Å². The smallest absolute Gasteiger partial charge is 0.254 e. The molecule has 25 heavy (non-hydrogen) atoms. The monoisotopic (exact) mass is 343 g/mol. The molecule has 1 aromatic carbocycles. The molecule has 0 bridgehead atoms. The number of aromatic nitrogens is 1. The summed E-state index contributed by atoms with van der Waals surface area (Å²) in [5, 5.41) is 0. The number of benzene rings is 1. The zero-order chi connectivity index (χ0) is 18.2. The van der Waals surface area contributed by atoms with Gasteiger partial charge in [0.15, 0.2) is 11.5 Å². The molecule has 0 aliphatic carbocycles. The molecule has 6 heteroatoms. The summed E-state index contributed by atoms with van der Waals surface area (Å²) in [6.45, 7) is 10.0. The Morgan fingerprint density at radius 3 is 2.48 bits per heavy atom. The van der Waals surface area contributed by atoms with Gasteiger partial charge in [-0.3, -0.25) is 9.59 Å². The predicted octanol–water partition coefficient (Wildman–Crippen LogP) is 2.86. The van der Waals surface area contributed by atoms with Gasteiger partial charge >= 0.3 is 0 Å². The van der Waals surface area contributed by atoms with E-state index < -0.39 is 5.41 Å². The van der Waals surface area contributed by atoms with E-state index in [0.717, 1.165) is 11.9 Å². The average Bonchev–Trinajstić information content (AvgIpc) is 2.76. The molecule has 134 valence electrons. The lowest BCUT2D eigenvalue weighted by Crippen LogP contribution is -2.42. The maximum atomic E-state index is 12.8. The Bertz CT molecular complexity index is 804. The highest BCUT2D eigenvalue weighted by Gasteiger charge is 2.29. The number of hydrogen-bond acceptors (Lipinski definition) is 4. The summed E-state index contributed by atoms with van der Waals surface area (Å²) >= 11 is 0. The summed E-state index contributed by atoms with van der Waals surface area (Å²) in [5.74, 6) is 0.701. The lowest BCUT2D eigenvalue weighted by molar-refractivity contribution is -0.139. The maximum absolute atomic E-state index is 12.8. The number of carbonyl (C=O) groups is 2. The van der Waals surface area contributed by atoms with E-state index >= 15 is 0 Å². The maximum Gasteiger partial charge on any atom is 0.254 e. The van der Waals surface area contributed by atoms with E-state index in [-0.39, 0.29) is 11.8 Å². The number of rotatable bonds is 1. The minimum Gasteiger partial charge on any atom is -0.441 e. The second-order valence-corrected chi connectivity index (χ2v) is 7.60. The van der Waals surface area contributed by atoms with Gasteiger partial charge < -0.3 is 14.2 Å². The van der Waals surface area contributed by atoms with Crippen LogP contribution in [0.2, 0.25) is 0 Å². The molecule has 2 aromatic rings. The topological polar surface area (TPSA) is 66.7 Å². The van der Waals surface area contributed by atoms with Crippen LogP contribution in [0.4, 0.5) is 0 Å². The Kier molecular flexibility index (Phi) is 4.54. The van der Waals surface area contributed by atoms with Crippen LogP contribution in [0, 0.1) is 12.3 Å². The van der Waals surface area contributed by atoms with Crippen LogP contribution in [0.3, 0.4) is 0 Å². The quantitative estimate of drug-likeness (QED) is 0.798. The molecule has 0 atom stereocenters. The third kappa shape index (κ3) is 3.67. The second-order valence-electron chi connectivity index (χ2n) is 7.60. The lowest BCUT2D eigenvalue weighted by atomic mass is 9.94. The molecule has 1 fully saturated rings. The van der Waals surface area contributed by atoms with Crippen molar-refractivity contribution in [1.82, 2.24) is 14.8 Å². The molecule has 0 N–H and O–H groups in total. The Balaban J connectivity index is 1.73. The van der Waals surface area contributed by atoms with Crippen LogP contribution in [0.1, 0.15) is 43.4 Å². The molecule has 1 aromatic heterocycles. The molecule has 0 radical (unpaired) electrons. The number of fused-ring (bicyclic) bond motifs is 1. The zero-order valence-corrected chi connectivity index (χ0v) is 15.3. The van der Waals surface area contributed by atoms with Crippen LogP contribution < -0.4 is 0 Å². The van der Waals surface area contributed by atoms with Crippen molar-refractivity contribution in [2.24, 2.45) is 5.41 Å². The fourth-order valence-corrected chi connectivity index (χ4v) is 3.15. The molecule has 0 spiro atoms. The molecule has 2 heterocycles. The third-order valence-electron chi connectivity index (χ3n) is 4.45. The number of carbonyl (C=O) groups excluding carboxylic acids is 2. The van der Waals surface area contributed by atoms with Gasteiger partial charge in [-0.05, 0) is 24.6 Å². The van der Waals surface area contributed by atoms with Gasteiger partial charge in [-0.25, -0.2) is 4.98 Å². The van der Waals surface area contributed by atoms with Crippen molar-refractivity contribution in [3.05, 3.63) is 29.7 Å². The van der Waals surface area contributed by atoms with Crippen molar-refractivity contribution in [2.45, 2.75) is 34.1 Å². The van der Waals surface area contributed by atoms with Crippen molar-refractivity contribution in [2.75, 3.05) is 26.2 Å². The summed E-state index contributed by atoms with van der Waals surface area (Å²) in [4.78, 5) is 33.3. The summed E-state index contributed by atoms with van der Waals surface area (Å²) in [6, 6.07) is 5.35. The van der Waals surface area contributed by atoms with Crippen LogP contribution >= 0.6 is 0 Å². The van der Waals surface area contributed by atoms with Gasteiger partial charge in [-0.1, -0.05) is 20.8 Å². The van der Waals surface area contributed by atoms with Gasteiger partial charge in [0.05, 0.1) is 0 Å². The molecule has 3 rings (SSSR count). The van der Waals surface area contributed by atoms with Crippen LogP contribution in [-0.4, -0.2) is 52.8 Å². The molecular weight excluding hydrogens is 318 g/mol. The van der Waals surface area contributed by atoms with Crippen molar-refractivity contribution in [3.63, 3.8) is 0 Å². The van der Waals surface area contributed by atoms with Crippen molar-refractivity contribution < 1.29 is 14.0 Å². The molecule has 6 nitrogen and oxygen atoms in total. The van der Waals surface area contributed by atoms with Crippen molar-refractivity contribution in [3.8, 4) is 0 Å². The van der Waals surface area contributed by atoms with Crippen LogP contribution in [0.15, 0.2) is 22.6 Å². The van der Waals surface area contributed by atoms with E-state index in [1.807, 2.05) is 36.6 Å². The van der Waals surface area contributed by atoms with E-state index in [0.29, 0.717) is 43.2 Å². The Morgan fingerprint density at radius 1 is 1.08 bits per heavy atom. The first kappa shape index (κ1) is 17.5. The minimum atomic E-state index is -0.394. The largest absolute Gasteiger partial charge is 0.441 e. The fourth-order valence-electron chi connectivity index (χ4n) is 3.15. The van der Waals surface area contributed by atoms with Crippen LogP contribution in [-0.2, 0) is 4.79 Å². The Morgan fingerprint density at radius 2 is 1.76 bits per heavy atom. The van der Waals surface area contributed by atoms with Gasteiger partial charge in [0.1, 0.15) is 5.52 Å². The first-order chi connectivity index (χ1) is 11.8. The van der Waals surface area contributed by atoms with Gasteiger partial charge in [-0.2, -0.15) is 0 Å². The normalized spacial score (nSPS) is 16.2. The number of hydrogen-bond donors (Lipinski definition) is 0. The Hall–Kier alpha value is -2.37. The number of oxazole rings is 1. The molecule has 0 unspecified atom stereocenters. The summed E-state index contributed by atoms with van der Waals surface area (Å²) < 4.78 is 5.52. The first-order valence-electron chi connectivity index (χ1n) is 8.71. The standard InChI is InChI=1S/C19H25N3O3/c1-13-20-15-7-6-14(12-16(15)25-13)17(23)21-8-5-9-22(11-10-21)18(24)19(2,3)4/h6-7,12H,5,8-11H2,1-4H3. The van der Waals surface area contributed by atoms with E-state index in [4.69, 9.17) is 4.42 Å². The number of aryl methyl sites for hydroxylation is 1. The molecule has 2 amide bonds. The van der Waals surface area contributed by atoms with Gasteiger partial charge in [0.25, 0.3) is 5.91 Å². The van der Waals surface area contributed by atoms with E-state index in [1.54, 1.807) is 19.1 Å². The van der Waals surface area contributed by atoms with Crippen molar-refractivity contribution >= 4 is 22.9 Å². The fraction of sp³-hybridized carbons (Fsp3) is 0.526. The minimum absolute atomic E-state index is 0.0268. The SMILES string of the molecule is Cc1nc2ccc(C(=O)N3CCCN(C(=O)C(C)(C)C)CC3)cc2o1. The number of nitrogens with zero attached hydrogens (tertiary/aromatic N) is 3. The summed E-state index contributed by atoms with van der Waals surface area (Å²) in [5.41, 5.74) is 1.59. The summed E-state index contributed by atoms with van der Waals surface area (Å²) in [6.07, 6.45) is 0.789. The molecule has 1 aliphatic heterocycles. The average molecular weight is 343 g/mol. The van der Waals surface area contributed by atoms with E-state index in [1.165, 1.54) is 0 Å². The third-order valence-corrected chi connectivity index (χ3v) is 4.45. The molecule has 1 saturated heterocycles. The van der Waals surface area contributed by atoms with Crippen molar-refractivity contribution in [1.29, 1.82) is 0 Å². The lowest BCUT2D eigenvalue weighted by Gasteiger charge is -2.28.